The number of aliphatic hydroxyl groups excluding tert-OH is 1. The van der Waals surface area contributed by atoms with Gasteiger partial charge in [-0.05, 0) is 17.7 Å². The molecule has 0 saturated heterocycles. The molecule has 0 unspecified atom stereocenters. The number of imidazole rings is 1. The molecule has 0 radical (unpaired) electrons. The van der Waals surface area contributed by atoms with Gasteiger partial charge in [0.15, 0.2) is 5.16 Å². The van der Waals surface area contributed by atoms with Crippen molar-refractivity contribution in [3.8, 4) is 0 Å². The molecule has 4 nitrogen and oxygen atoms in total. The summed E-state index contributed by atoms with van der Waals surface area (Å²) in [5.41, 5.74) is 1.23. The zero-order chi connectivity index (χ0) is 15.2. The average molecular weight is 314 g/mol. The SMILES string of the molecule is COCCn1c(CO)cnc1SCc1cc(F)cc(F)c1. The van der Waals surface area contributed by atoms with Gasteiger partial charge in [-0.25, -0.2) is 13.8 Å². The molecule has 0 aliphatic heterocycles. The van der Waals surface area contributed by atoms with E-state index in [1.165, 1.54) is 23.9 Å². The number of thioether (sulfide) groups is 1. The monoisotopic (exact) mass is 314 g/mol. The van der Waals surface area contributed by atoms with E-state index in [0.717, 1.165) is 6.07 Å². The Kier molecular flexibility index (Phi) is 5.72. The standard InChI is InChI=1S/C14H16F2N2O2S/c1-20-3-2-18-13(8-19)7-17-14(18)21-9-10-4-11(15)6-12(16)5-10/h4-7,19H,2-3,8-9H2,1H3. The minimum atomic E-state index is -0.593. The third kappa shape index (κ3) is 4.26. The van der Waals surface area contributed by atoms with Crippen LogP contribution in [0.3, 0.4) is 0 Å². The van der Waals surface area contributed by atoms with Crippen molar-refractivity contribution in [1.29, 1.82) is 0 Å². The summed E-state index contributed by atoms with van der Waals surface area (Å²) in [6.45, 7) is 0.934. The van der Waals surface area contributed by atoms with Gasteiger partial charge in [-0.3, -0.25) is 0 Å². The maximum absolute atomic E-state index is 13.1. The minimum absolute atomic E-state index is 0.119. The molecule has 0 aliphatic carbocycles. The lowest BCUT2D eigenvalue weighted by atomic mass is 10.2. The normalized spacial score (nSPS) is 11.0. The third-order valence-corrected chi connectivity index (χ3v) is 3.93. The summed E-state index contributed by atoms with van der Waals surface area (Å²) in [5, 5.41) is 9.96. The van der Waals surface area contributed by atoms with Gasteiger partial charge >= 0.3 is 0 Å². The molecule has 2 aromatic rings. The predicted molar refractivity (Wildman–Crippen MR) is 75.9 cm³/mol. The van der Waals surface area contributed by atoms with Crippen molar-refractivity contribution in [2.45, 2.75) is 24.1 Å². The lowest BCUT2D eigenvalue weighted by molar-refractivity contribution is 0.180. The molecule has 1 heterocycles. The number of hydrogen-bond donors (Lipinski definition) is 1. The van der Waals surface area contributed by atoms with Crippen LogP contribution in [0.5, 0.6) is 0 Å². The van der Waals surface area contributed by atoms with Crippen LogP contribution in [0.25, 0.3) is 0 Å². The molecule has 0 saturated carbocycles. The summed E-state index contributed by atoms with van der Waals surface area (Å²) in [7, 11) is 1.60. The van der Waals surface area contributed by atoms with E-state index in [2.05, 4.69) is 4.98 Å². The van der Waals surface area contributed by atoms with Gasteiger partial charge in [0, 0.05) is 25.5 Å². The Balaban J connectivity index is 2.10. The highest BCUT2D eigenvalue weighted by Gasteiger charge is 2.10. The lowest BCUT2D eigenvalue weighted by Crippen LogP contribution is -2.09. The maximum Gasteiger partial charge on any atom is 0.168 e. The number of aromatic nitrogens is 2. The van der Waals surface area contributed by atoms with E-state index in [0.29, 0.717) is 35.3 Å². The first-order chi connectivity index (χ1) is 10.1. The first kappa shape index (κ1) is 15.9. The summed E-state index contributed by atoms with van der Waals surface area (Å²) in [5.74, 6) is -0.794. The highest BCUT2D eigenvalue weighted by molar-refractivity contribution is 7.98. The quantitative estimate of drug-likeness (QED) is 0.798. The second kappa shape index (κ2) is 7.53. The van der Waals surface area contributed by atoms with Crippen molar-refractivity contribution in [2.24, 2.45) is 0 Å². The Labute approximate surface area is 125 Å². The molecule has 0 amide bonds. The highest BCUT2D eigenvalue weighted by atomic mass is 32.2. The van der Waals surface area contributed by atoms with Gasteiger partial charge in [0.05, 0.1) is 25.1 Å². The average Bonchev–Trinajstić information content (AvgIpc) is 2.84. The fourth-order valence-electron chi connectivity index (χ4n) is 1.90. The van der Waals surface area contributed by atoms with Gasteiger partial charge in [-0.15, -0.1) is 0 Å². The van der Waals surface area contributed by atoms with Crippen LogP contribution in [0.1, 0.15) is 11.3 Å². The van der Waals surface area contributed by atoms with Gasteiger partial charge in [0.1, 0.15) is 11.6 Å². The van der Waals surface area contributed by atoms with Gasteiger partial charge in [-0.2, -0.15) is 0 Å². The first-order valence-corrected chi connectivity index (χ1v) is 7.34. The van der Waals surface area contributed by atoms with Crippen LogP contribution in [0.15, 0.2) is 29.6 Å². The lowest BCUT2D eigenvalue weighted by Gasteiger charge is -2.10. The molecule has 21 heavy (non-hydrogen) atoms. The molecule has 0 atom stereocenters. The third-order valence-electron chi connectivity index (χ3n) is 2.87. The zero-order valence-corrected chi connectivity index (χ0v) is 12.4. The molecule has 1 aromatic heterocycles. The molecule has 0 bridgehead atoms. The van der Waals surface area contributed by atoms with Gasteiger partial charge < -0.3 is 14.4 Å². The summed E-state index contributed by atoms with van der Waals surface area (Å²) in [6, 6.07) is 3.44. The number of hydrogen-bond acceptors (Lipinski definition) is 4. The van der Waals surface area contributed by atoms with Gasteiger partial charge in [0.2, 0.25) is 0 Å². The Morgan fingerprint density at radius 1 is 1.29 bits per heavy atom. The van der Waals surface area contributed by atoms with E-state index in [9.17, 15) is 13.9 Å². The summed E-state index contributed by atoms with van der Waals surface area (Å²) in [6.07, 6.45) is 1.59. The molecule has 7 heteroatoms. The number of halogens is 2. The fraction of sp³-hybridized carbons (Fsp3) is 0.357. The Hall–Kier alpha value is -1.44. The summed E-state index contributed by atoms with van der Waals surface area (Å²) < 4.78 is 33.1. The molecule has 0 fully saturated rings. The number of benzene rings is 1. The molecular formula is C14H16F2N2O2S. The Bertz CT molecular complexity index is 584. The van der Waals surface area contributed by atoms with Crippen molar-refractivity contribution in [3.63, 3.8) is 0 Å². The van der Waals surface area contributed by atoms with E-state index in [-0.39, 0.29) is 6.61 Å². The number of rotatable bonds is 7. The second-order valence-electron chi connectivity index (χ2n) is 4.40. The number of methoxy groups -OCH3 is 1. The predicted octanol–water partition coefficient (Wildman–Crippen LogP) is 2.59. The zero-order valence-electron chi connectivity index (χ0n) is 11.6. The van der Waals surface area contributed by atoms with E-state index in [1.807, 2.05) is 4.57 Å². The van der Waals surface area contributed by atoms with E-state index < -0.39 is 11.6 Å². The second-order valence-corrected chi connectivity index (χ2v) is 5.34. The van der Waals surface area contributed by atoms with E-state index in [4.69, 9.17) is 4.74 Å². The Morgan fingerprint density at radius 3 is 2.62 bits per heavy atom. The van der Waals surface area contributed by atoms with Crippen molar-refractivity contribution < 1.29 is 18.6 Å². The van der Waals surface area contributed by atoms with Crippen LogP contribution >= 0.6 is 11.8 Å². The summed E-state index contributed by atoms with van der Waals surface area (Å²) >= 11 is 1.36. The van der Waals surface area contributed by atoms with Crippen LogP contribution in [0, 0.1) is 11.6 Å². The van der Waals surface area contributed by atoms with Crippen LogP contribution in [-0.4, -0.2) is 28.4 Å². The minimum Gasteiger partial charge on any atom is -0.390 e. The number of aliphatic hydroxyl groups is 1. The topological polar surface area (TPSA) is 47.3 Å². The molecule has 114 valence electrons. The van der Waals surface area contributed by atoms with Crippen molar-refractivity contribution >= 4 is 11.8 Å². The molecule has 1 N–H and O–H groups in total. The van der Waals surface area contributed by atoms with Gasteiger partial charge in [0.25, 0.3) is 0 Å². The fourth-order valence-corrected chi connectivity index (χ4v) is 2.85. The van der Waals surface area contributed by atoms with Crippen LogP contribution < -0.4 is 0 Å². The van der Waals surface area contributed by atoms with Crippen molar-refractivity contribution in [1.82, 2.24) is 9.55 Å². The van der Waals surface area contributed by atoms with Crippen LogP contribution in [-0.2, 0) is 23.6 Å². The molecule has 1 aromatic carbocycles. The van der Waals surface area contributed by atoms with E-state index in [1.54, 1.807) is 13.3 Å². The Morgan fingerprint density at radius 2 is 2.00 bits per heavy atom. The largest absolute Gasteiger partial charge is 0.390 e. The molecular weight excluding hydrogens is 298 g/mol. The van der Waals surface area contributed by atoms with Gasteiger partial charge in [-0.1, -0.05) is 11.8 Å². The number of nitrogens with zero attached hydrogens (tertiary/aromatic N) is 2. The summed E-state index contributed by atoms with van der Waals surface area (Å²) in [4.78, 5) is 4.22. The maximum atomic E-state index is 13.1. The van der Waals surface area contributed by atoms with E-state index >= 15 is 0 Å². The number of ether oxygens (including phenoxy) is 1. The first-order valence-electron chi connectivity index (χ1n) is 6.36. The van der Waals surface area contributed by atoms with Crippen LogP contribution in [0.4, 0.5) is 8.78 Å². The van der Waals surface area contributed by atoms with Crippen LogP contribution in [0.2, 0.25) is 0 Å². The molecule has 0 aliphatic rings. The molecule has 0 spiro atoms. The highest BCUT2D eigenvalue weighted by Crippen LogP contribution is 2.24. The van der Waals surface area contributed by atoms with Crippen molar-refractivity contribution in [2.75, 3.05) is 13.7 Å². The van der Waals surface area contributed by atoms with Crippen molar-refractivity contribution in [3.05, 3.63) is 47.3 Å². The smallest absolute Gasteiger partial charge is 0.168 e. The molecule has 2 rings (SSSR count).